The average molecular weight is 303 g/mol. The number of nitrogens with zero attached hydrogens (tertiary/aromatic N) is 1. The fraction of sp³-hybridized carbons (Fsp3) is 0.353. The van der Waals surface area contributed by atoms with Crippen molar-refractivity contribution in [2.75, 3.05) is 19.8 Å². The molecule has 2 aromatic rings. The van der Waals surface area contributed by atoms with Gasteiger partial charge in [-0.1, -0.05) is 17.7 Å². The van der Waals surface area contributed by atoms with Gasteiger partial charge in [0.15, 0.2) is 5.75 Å². The first kappa shape index (κ1) is 16.1. The SMILES string of the molecule is Cc1ccc(OCCOc2cccn(CCCO)c2=O)cc1. The lowest BCUT2D eigenvalue weighted by molar-refractivity contribution is 0.214. The Morgan fingerprint density at radius 2 is 1.82 bits per heavy atom. The number of hydrogen-bond acceptors (Lipinski definition) is 4. The van der Waals surface area contributed by atoms with Crippen LogP contribution in [-0.4, -0.2) is 29.5 Å². The minimum absolute atomic E-state index is 0.0575. The molecule has 0 saturated carbocycles. The fourth-order valence-corrected chi connectivity index (χ4v) is 1.99. The molecule has 1 heterocycles. The van der Waals surface area contributed by atoms with Crippen LogP contribution in [0.4, 0.5) is 0 Å². The summed E-state index contributed by atoms with van der Waals surface area (Å²) in [6.07, 6.45) is 2.23. The minimum atomic E-state index is -0.189. The molecular formula is C17H21NO4. The quantitative estimate of drug-likeness (QED) is 0.758. The highest BCUT2D eigenvalue weighted by Crippen LogP contribution is 2.11. The van der Waals surface area contributed by atoms with Crippen LogP contribution in [-0.2, 0) is 6.54 Å². The van der Waals surface area contributed by atoms with Gasteiger partial charge in [-0.3, -0.25) is 4.79 Å². The maximum atomic E-state index is 12.1. The predicted molar refractivity (Wildman–Crippen MR) is 84.6 cm³/mol. The summed E-state index contributed by atoms with van der Waals surface area (Å²) in [5.41, 5.74) is 0.989. The molecule has 5 nitrogen and oxygen atoms in total. The molecule has 0 aliphatic heterocycles. The van der Waals surface area contributed by atoms with Crippen LogP contribution in [0.3, 0.4) is 0 Å². The van der Waals surface area contributed by atoms with Crippen LogP contribution in [0.1, 0.15) is 12.0 Å². The van der Waals surface area contributed by atoms with Crippen LogP contribution < -0.4 is 15.0 Å². The number of aryl methyl sites for hydroxylation is 2. The third-order valence-corrected chi connectivity index (χ3v) is 3.17. The molecule has 0 bridgehead atoms. The molecule has 1 N–H and O–H groups in total. The normalized spacial score (nSPS) is 10.5. The van der Waals surface area contributed by atoms with Crippen LogP contribution in [0.2, 0.25) is 0 Å². The highest BCUT2D eigenvalue weighted by Gasteiger charge is 2.04. The Balaban J connectivity index is 1.84. The van der Waals surface area contributed by atoms with Gasteiger partial charge in [-0.05, 0) is 37.6 Å². The van der Waals surface area contributed by atoms with Crippen LogP contribution in [0.5, 0.6) is 11.5 Å². The number of benzene rings is 1. The molecule has 1 aromatic carbocycles. The van der Waals surface area contributed by atoms with Gasteiger partial charge in [-0.15, -0.1) is 0 Å². The summed E-state index contributed by atoms with van der Waals surface area (Å²) in [7, 11) is 0. The maximum Gasteiger partial charge on any atom is 0.292 e. The highest BCUT2D eigenvalue weighted by atomic mass is 16.5. The first-order chi connectivity index (χ1) is 10.7. The maximum absolute atomic E-state index is 12.1. The molecular weight excluding hydrogens is 282 g/mol. The smallest absolute Gasteiger partial charge is 0.292 e. The molecule has 0 amide bonds. The number of aromatic nitrogens is 1. The zero-order valence-electron chi connectivity index (χ0n) is 12.7. The van der Waals surface area contributed by atoms with Crippen molar-refractivity contribution in [1.82, 2.24) is 4.57 Å². The molecule has 118 valence electrons. The minimum Gasteiger partial charge on any atom is -0.490 e. The largest absolute Gasteiger partial charge is 0.490 e. The van der Waals surface area contributed by atoms with Gasteiger partial charge in [0.1, 0.15) is 19.0 Å². The number of aliphatic hydroxyl groups excluding tert-OH is 1. The van der Waals surface area contributed by atoms with E-state index < -0.39 is 0 Å². The zero-order chi connectivity index (χ0) is 15.8. The Morgan fingerprint density at radius 3 is 2.55 bits per heavy atom. The molecule has 0 aliphatic rings. The van der Waals surface area contributed by atoms with Gasteiger partial charge in [0.25, 0.3) is 5.56 Å². The molecule has 0 spiro atoms. The summed E-state index contributed by atoms with van der Waals surface area (Å²) >= 11 is 0. The molecule has 0 saturated heterocycles. The Morgan fingerprint density at radius 1 is 1.09 bits per heavy atom. The second-order valence-corrected chi connectivity index (χ2v) is 4.96. The van der Waals surface area contributed by atoms with Gasteiger partial charge >= 0.3 is 0 Å². The zero-order valence-corrected chi connectivity index (χ0v) is 12.7. The van der Waals surface area contributed by atoms with Crippen molar-refractivity contribution in [2.24, 2.45) is 0 Å². The van der Waals surface area contributed by atoms with E-state index in [1.165, 1.54) is 10.1 Å². The van der Waals surface area contributed by atoms with Gasteiger partial charge in [-0.2, -0.15) is 0 Å². The van der Waals surface area contributed by atoms with E-state index in [1.54, 1.807) is 18.3 Å². The summed E-state index contributed by atoms with van der Waals surface area (Å²) in [5.74, 6) is 1.08. The van der Waals surface area contributed by atoms with Gasteiger partial charge in [0.05, 0.1) is 0 Å². The molecule has 0 fully saturated rings. The molecule has 5 heteroatoms. The first-order valence-electron chi connectivity index (χ1n) is 7.33. The van der Waals surface area contributed by atoms with E-state index in [9.17, 15) is 4.79 Å². The standard InChI is InChI=1S/C17H21NO4/c1-14-5-7-15(8-6-14)21-12-13-22-16-4-2-9-18(17(16)20)10-3-11-19/h2,4-9,19H,3,10-13H2,1H3. The van der Waals surface area contributed by atoms with E-state index in [-0.39, 0.29) is 12.2 Å². The monoisotopic (exact) mass is 303 g/mol. The van der Waals surface area contributed by atoms with E-state index >= 15 is 0 Å². The van der Waals surface area contributed by atoms with E-state index in [0.717, 1.165) is 5.75 Å². The number of hydrogen-bond donors (Lipinski definition) is 1. The van der Waals surface area contributed by atoms with Crippen LogP contribution >= 0.6 is 0 Å². The summed E-state index contributed by atoms with van der Waals surface area (Å²) in [4.78, 5) is 12.1. The third-order valence-electron chi connectivity index (χ3n) is 3.17. The van der Waals surface area contributed by atoms with Crippen molar-refractivity contribution < 1.29 is 14.6 Å². The lowest BCUT2D eigenvalue weighted by Crippen LogP contribution is -2.23. The van der Waals surface area contributed by atoms with Crippen LogP contribution in [0, 0.1) is 6.92 Å². The Labute approximate surface area is 129 Å². The number of ether oxygens (including phenoxy) is 2. The molecule has 0 aliphatic carbocycles. The molecule has 0 radical (unpaired) electrons. The fourth-order valence-electron chi connectivity index (χ4n) is 1.99. The molecule has 0 atom stereocenters. The highest BCUT2D eigenvalue weighted by molar-refractivity contribution is 5.26. The van der Waals surface area contributed by atoms with E-state index in [2.05, 4.69) is 0 Å². The molecule has 1 aromatic heterocycles. The summed E-state index contributed by atoms with van der Waals surface area (Å²) in [6, 6.07) is 11.2. The van der Waals surface area contributed by atoms with Gasteiger partial charge in [-0.25, -0.2) is 0 Å². The topological polar surface area (TPSA) is 60.7 Å². The van der Waals surface area contributed by atoms with Crippen molar-refractivity contribution in [2.45, 2.75) is 19.9 Å². The van der Waals surface area contributed by atoms with Crippen LogP contribution in [0.15, 0.2) is 47.4 Å². The third kappa shape index (κ3) is 4.63. The number of aliphatic hydroxyl groups is 1. The van der Waals surface area contributed by atoms with Crippen molar-refractivity contribution in [3.63, 3.8) is 0 Å². The van der Waals surface area contributed by atoms with E-state index in [0.29, 0.717) is 31.9 Å². The number of rotatable bonds is 8. The Hall–Kier alpha value is -2.27. The van der Waals surface area contributed by atoms with E-state index in [1.807, 2.05) is 31.2 Å². The summed E-state index contributed by atoms with van der Waals surface area (Å²) in [6.45, 7) is 3.22. The van der Waals surface area contributed by atoms with Gasteiger partial charge < -0.3 is 19.1 Å². The van der Waals surface area contributed by atoms with E-state index in [4.69, 9.17) is 14.6 Å². The Bertz CT molecular complexity index is 634. The lowest BCUT2D eigenvalue weighted by atomic mass is 10.2. The second-order valence-electron chi connectivity index (χ2n) is 4.96. The van der Waals surface area contributed by atoms with Crippen molar-refractivity contribution in [3.8, 4) is 11.5 Å². The van der Waals surface area contributed by atoms with Crippen molar-refractivity contribution in [1.29, 1.82) is 0 Å². The van der Waals surface area contributed by atoms with Crippen LogP contribution in [0.25, 0.3) is 0 Å². The average Bonchev–Trinajstić information content (AvgIpc) is 2.53. The first-order valence-corrected chi connectivity index (χ1v) is 7.33. The van der Waals surface area contributed by atoms with Gasteiger partial charge in [0.2, 0.25) is 0 Å². The van der Waals surface area contributed by atoms with Gasteiger partial charge in [0, 0.05) is 19.3 Å². The molecule has 0 unspecified atom stereocenters. The molecule has 2 rings (SSSR count). The van der Waals surface area contributed by atoms with Crippen molar-refractivity contribution in [3.05, 3.63) is 58.5 Å². The summed E-state index contributed by atoms with van der Waals surface area (Å²) in [5, 5.41) is 8.82. The second kappa shape index (κ2) is 8.24. The molecule has 22 heavy (non-hydrogen) atoms. The lowest BCUT2D eigenvalue weighted by Gasteiger charge is -2.10. The Kier molecular flexibility index (Phi) is 6.03. The number of pyridine rings is 1. The summed E-state index contributed by atoms with van der Waals surface area (Å²) < 4.78 is 12.6. The van der Waals surface area contributed by atoms with Crippen molar-refractivity contribution >= 4 is 0 Å². The predicted octanol–water partition coefficient (Wildman–Crippen LogP) is 2.00.